The molecule has 0 aromatic rings. The van der Waals surface area contributed by atoms with E-state index in [1.54, 1.807) is 4.90 Å². The number of aliphatic hydroxyl groups is 1. The van der Waals surface area contributed by atoms with E-state index >= 15 is 0 Å². The number of β-amino-alcohol motifs (C(OH)–C–C–N with tert-alkyl or cyclic N) is 1. The van der Waals surface area contributed by atoms with Crippen molar-refractivity contribution in [3.63, 3.8) is 0 Å². The summed E-state index contributed by atoms with van der Waals surface area (Å²) < 4.78 is 0. The predicted octanol–water partition coefficient (Wildman–Crippen LogP) is -0.143. The molecule has 1 saturated heterocycles. The van der Waals surface area contributed by atoms with Crippen molar-refractivity contribution in [1.82, 2.24) is 9.80 Å². The highest BCUT2D eigenvalue weighted by Gasteiger charge is 2.27. The second kappa shape index (κ2) is 2.72. The molecule has 0 spiro atoms. The Morgan fingerprint density at radius 1 is 1.80 bits per heavy atom. The fourth-order valence-electron chi connectivity index (χ4n) is 1.01. The van der Waals surface area contributed by atoms with Crippen LogP contribution in [0.2, 0.25) is 0 Å². The predicted molar refractivity (Wildman–Crippen MR) is 43.6 cm³/mol. The van der Waals surface area contributed by atoms with Crippen molar-refractivity contribution in [3.05, 3.63) is 0 Å². The Kier molecular flexibility index (Phi) is 2.11. The van der Waals surface area contributed by atoms with Crippen LogP contribution >= 0.6 is 12.2 Å². The molecule has 1 N–H and O–H groups in total. The summed E-state index contributed by atoms with van der Waals surface area (Å²) >= 11 is 5.03. The maximum absolute atomic E-state index is 9.27. The van der Waals surface area contributed by atoms with Gasteiger partial charge in [-0.2, -0.15) is 0 Å². The molecule has 1 aliphatic heterocycles. The van der Waals surface area contributed by atoms with Gasteiger partial charge in [0.1, 0.15) is 6.23 Å². The highest BCUT2D eigenvalue weighted by molar-refractivity contribution is 7.80. The second-order valence-electron chi connectivity index (χ2n) is 2.41. The maximum atomic E-state index is 9.27. The minimum Gasteiger partial charge on any atom is -0.372 e. The number of nitrogens with zero attached hydrogens (tertiary/aromatic N) is 2. The summed E-state index contributed by atoms with van der Waals surface area (Å²) in [5.41, 5.74) is 0. The number of thiocarbonyl (C=S) groups is 1. The van der Waals surface area contributed by atoms with Gasteiger partial charge in [0, 0.05) is 13.6 Å². The van der Waals surface area contributed by atoms with E-state index in [2.05, 4.69) is 0 Å². The molecule has 10 heavy (non-hydrogen) atoms. The molecule has 0 aromatic heterocycles. The van der Waals surface area contributed by atoms with E-state index in [1.165, 1.54) is 0 Å². The van der Waals surface area contributed by atoms with Crippen LogP contribution in [0, 0.1) is 0 Å². The first-order chi connectivity index (χ1) is 4.66. The summed E-state index contributed by atoms with van der Waals surface area (Å²) in [6, 6.07) is 0. The lowest BCUT2D eigenvalue weighted by Crippen LogP contribution is -2.30. The van der Waals surface area contributed by atoms with Crippen molar-refractivity contribution < 1.29 is 5.11 Å². The van der Waals surface area contributed by atoms with E-state index in [1.807, 2.05) is 18.9 Å². The topological polar surface area (TPSA) is 26.7 Å². The highest BCUT2D eigenvalue weighted by atomic mass is 32.1. The molecular formula is C6H12N2OS. The molecule has 1 atom stereocenters. The third kappa shape index (κ3) is 1.09. The summed E-state index contributed by atoms with van der Waals surface area (Å²) in [7, 11) is 1.81. The Hall–Kier alpha value is -0.350. The van der Waals surface area contributed by atoms with E-state index in [9.17, 15) is 5.11 Å². The first-order valence-corrected chi connectivity index (χ1v) is 3.77. The van der Waals surface area contributed by atoms with E-state index in [0.29, 0.717) is 6.54 Å². The Bertz CT molecular complexity index is 151. The SMILES string of the molecule is CCN1CC(O)N(C)C1=S. The molecular weight excluding hydrogens is 148 g/mol. The quantitative estimate of drug-likeness (QED) is 0.540. The first-order valence-electron chi connectivity index (χ1n) is 3.36. The third-order valence-corrected chi connectivity index (χ3v) is 2.33. The smallest absolute Gasteiger partial charge is 0.173 e. The zero-order valence-electron chi connectivity index (χ0n) is 6.24. The molecule has 1 rings (SSSR count). The van der Waals surface area contributed by atoms with Gasteiger partial charge in [-0.1, -0.05) is 0 Å². The Balaban J connectivity index is 2.62. The molecule has 4 heteroatoms. The van der Waals surface area contributed by atoms with E-state index < -0.39 is 6.23 Å². The van der Waals surface area contributed by atoms with Gasteiger partial charge < -0.3 is 14.9 Å². The second-order valence-corrected chi connectivity index (χ2v) is 2.78. The summed E-state index contributed by atoms with van der Waals surface area (Å²) in [6.45, 7) is 3.55. The van der Waals surface area contributed by atoms with Gasteiger partial charge in [0.2, 0.25) is 0 Å². The van der Waals surface area contributed by atoms with E-state index in [-0.39, 0.29) is 0 Å². The molecule has 0 aliphatic carbocycles. The van der Waals surface area contributed by atoms with Crippen LogP contribution in [0.25, 0.3) is 0 Å². The monoisotopic (exact) mass is 160 g/mol. The third-order valence-electron chi connectivity index (χ3n) is 1.78. The van der Waals surface area contributed by atoms with Crippen LogP contribution in [0.4, 0.5) is 0 Å². The lowest BCUT2D eigenvalue weighted by atomic mass is 10.5. The molecule has 1 fully saturated rings. The van der Waals surface area contributed by atoms with Gasteiger partial charge in [-0.25, -0.2) is 0 Å². The average Bonchev–Trinajstić information content (AvgIpc) is 2.17. The average molecular weight is 160 g/mol. The maximum Gasteiger partial charge on any atom is 0.173 e. The fourth-order valence-corrected chi connectivity index (χ4v) is 1.34. The van der Waals surface area contributed by atoms with Gasteiger partial charge in [-0.05, 0) is 19.1 Å². The molecule has 0 bridgehead atoms. The zero-order chi connectivity index (χ0) is 7.72. The minimum atomic E-state index is -0.410. The summed E-state index contributed by atoms with van der Waals surface area (Å²) in [5.74, 6) is 0. The minimum absolute atomic E-state index is 0.410. The van der Waals surface area contributed by atoms with Crippen molar-refractivity contribution in [1.29, 1.82) is 0 Å². The number of likely N-dealkylation sites (N-methyl/N-ethyl adjacent to an activating group) is 2. The van der Waals surface area contributed by atoms with E-state index in [0.717, 1.165) is 11.7 Å². The van der Waals surface area contributed by atoms with Gasteiger partial charge in [0.25, 0.3) is 0 Å². The zero-order valence-corrected chi connectivity index (χ0v) is 7.06. The van der Waals surface area contributed by atoms with Gasteiger partial charge in [0.05, 0.1) is 6.54 Å². The first kappa shape index (κ1) is 7.75. The number of rotatable bonds is 1. The molecule has 0 saturated carbocycles. The summed E-state index contributed by atoms with van der Waals surface area (Å²) in [6.07, 6.45) is -0.410. The van der Waals surface area contributed by atoms with Crippen molar-refractivity contribution in [2.75, 3.05) is 20.1 Å². The molecule has 0 aromatic carbocycles. The van der Waals surface area contributed by atoms with Crippen LogP contribution in [0.1, 0.15) is 6.92 Å². The summed E-state index contributed by atoms with van der Waals surface area (Å²) in [4.78, 5) is 3.68. The van der Waals surface area contributed by atoms with Crippen LogP contribution in [0.5, 0.6) is 0 Å². The molecule has 58 valence electrons. The Morgan fingerprint density at radius 2 is 2.40 bits per heavy atom. The van der Waals surface area contributed by atoms with E-state index in [4.69, 9.17) is 12.2 Å². The van der Waals surface area contributed by atoms with Gasteiger partial charge in [-0.15, -0.1) is 0 Å². The molecule has 1 aliphatic rings. The van der Waals surface area contributed by atoms with Crippen LogP contribution in [-0.2, 0) is 0 Å². The number of hydrogen-bond acceptors (Lipinski definition) is 2. The standard InChI is InChI=1S/C6H12N2OS/c1-3-8-4-5(9)7(2)6(8)10/h5,9H,3-4H2,1-2H3. The molecule has 3 nitrogen and oxygen atoms in total. The normalized spacial score (nSPS) is 26.3. The van der Waals surface area contributed by atoms with Gasteiger partial charge >= 0.3 is 0 Å². The number of aliphatic hydroxyl groups excluding tert-OH is 1. The van der Waals surface area contributed by atoms with Gasteiger partial charge in [-0.3, -0.25) is 0 Å². The largest absolute Gasteiger partial charge is 0.372 e. The van der Waals surface area contributed by atoms with Crippen molar-refractivity contribution in [2.45, 2.75) is 13.2 Å². The van der Waals surface area contributed by atoms with Crippen LogP contribution in [0.15, 0.2) is 0 Å². The number of hydrogen-bond donors (Lipinski definition) is 1. The lowest BCUT2D eigenvalue weighted by molar-refractivity contribution is 0.0879. The molecule has 0 radical (unpaired) electrons. The van der Waals surface area contributed by atoms with Crippen molar-refractivity contribution in [3.8, 4) is 0 Å². The summed E-state index contributed by atoms with van der Waals surface area (Å²) in [5, 5.41) is 10.0. The lowest BCUT2D eigenvalue weighted by Gasteiger charge is -2.16. The highest BCUT2D eigenvalue weighted by Crippen LogP contribution is 2.10. The Labute approximate surface area is 66.2 Å². The van der Waals surface area contributed by atoms with Gasteiger partial charge in [0.15, 0.2) is 5.11 Å². The van der Waals surface area contributed by atoms with Crippen molar-refractivity contribution >= 4 is 17.3 Å². The molecule has 0 amide bonds. The fraction of sp³-hybridized carbons (Fsp3) is 0.833. The van der Waals surface area contributed by atoms with Crippen LogP contribution < -0.4 is 0 Å². The Morgan fingerprint density at radius 3 is 2.60 bits per heavy atom. The van der Waals surface area contributed by atoms with Crippen LogP contribution in [0.3, 0.4) is 0 Å². The van der Waals surface area contributed by atoms with Crippen molar-refractivity contribution in [2.24, 2.45) is 0 Å². The molecule has 1 heterocycles. The molecule has 1 unspecified atom stereocenters. The van der Waals surface area contributed by atoms with Crippen LogP contribution in [-0.4, -0.2) is 46.4 Å².